The Morgan fingerprint density at radius 3 is 2.44 bits per heavy atom. The van der Waals surface area contributed by atoms with Gasteiger partial charge in [-0.05, 0) is 35.4 Å². The van der Waals surface area contributed by atoms with Crippen LogP contribution in [-0.2, 0) is 10.1 Å². The topological polar surface area (TPSA) is 57.2 Å². The molecule has 0 bridgehead atoms. The zero-order chi connectivity index (χ0) is 11.1. The first-order valence-corrected chi connectivity index (χ1v) is 5.84. The fourth-order valence-corrected chi connectivity index (χ4v) is 2.06. The van der Waals surface area contributed by atoms with E-state index in [2.05, 4.69) is 0 Å². The van der Waals surface area contributed by atoms with Crippen molar-refractivity contribution in [2.75, 3.05) is 0 Å². The van der Waals surface area contributed by atoms with E-state index in [4.69, 9.17) is 0 Å². The van der Waals surface area contributed by atoms with E-state index in [9.17, 15) is 13.0 Å². The number of aryl methyl sites for hydroxylation is 1. The van der Waals surface area contributed by atoms with Crippen LogP contribution in [0.3, 0.4) is 0 Å². The fraction of sp³-hybridized carbons (Fsp3) is 0.0909. The van der Waals surface area contributed by atoms with Crippen LogP contribution in [0, 0.1) is 6.92 Å². The fourth-order valence-electron chi connectivity index (χ4n) is 1.56. The molecule has 0 aliphatic heterocycles. The average Bonchev–Trinajstić information content (AvgIpc) is 2.16. The molecule has 0 aliphatic carbocycles. The molecule has 0 amide bonds. The normalized spacial score (nSPS) is 11.1. The van der Waals surface area contributed by atoms with Crippen molar-refractivity contribution in [3.8, 4) is 0 Å². The van der Waals surface area contributed by atoms with Gasteiger partial charge < -0.3 is 4.55 Å². The van der Waals surface area contributed by atoms with Crippen molar-refractivity contribution in [2.24, 2.45) is 0 Å². The first-order valence-electron chi connectivity index (χ1n) is 4.44. The van der Waals surface area contributed by atoms with Crippen LogP contribution in [0.5, 0.6) is 0 Å². The van der Waals surface area contributed by atoms with Crippen LogP contribution >= 0.6 is 0 Å². The summed E-state index contributed by atoms with van der Waals surface area (Å²) in [5.74, 6) is 0. The molecule has 0 N–H and O–H groups in total. The number of hydrogen-bond acceptors (Lipinski definition) is 3. The summed E-state index contributed by atoms with van der Waals surface area (Å²) in [5.41, 5.74) is 0.956. The predicted molar refractivity (Wildman–Crippen MR) is 56.6 cm³/mol. The van der Waals surface area contributed by atoms with Crippen LogP contribution in [0.4, 0.5) is 0 Å². The van der Waals surface area contributed by atoms with Gasteiger partial charge in [-0.1, -0.05) is 24.3 Å². The minimum absolute atomic E-state index is 0. The molecule has 0 aliphatic rings. The number of rotatable bonds is 1. The second kappa shape index (κ2) is 5.26. The Labute approximate surface area is 137 Å². The van der Waals surface area contributed by atoms with Crippen LogP contribution < -0.4 is 51.4 Å². The summed E-state index contributed by atoms with van der Waals surface area (Å²) in [6.45, 7) is 1.88. The largest absolute Gasteiger partial charge is 1.00 e. The maximum Gasteiger partial charge on any atom is 1.00 e. The van der Waals surface area contributed by atoms with Gasteiger partial charge >= 0.3 is 51.4 Å². The van der Waals surface area contributed by atoms with Gasteiger partial charge in [-0.3, -0.25) is 0 Å². The Balaban J connectivity index is 0.00000128. The van der Waals surface area contributed by atoms with Crippen molar-refractivity contribution in [3.63, 3.8) is 0 Å². The zero-order valence-electron chi connectivity index (χ0n) is 9.10. The van der Waals surface area contributed by atoms with Crippen molar-refractivity contribution in [1.82, 2.24) is 0 Å². The molecule has 0 heterocycles. The van der Waals surface area contributed by atoms with Crippen molar-refractivity contribution >= 4 is 20.9 Å². The summed E-state index contributed by atoms with van der Waals surface area (Å²) in [4.78, 5) is -0.177. The molecular formula is C11H9KO3S. The molecule has 0 aromatic heterocycles. The van der Waals surface area contributed by atoms with E-state index in [0.717, 1.165) is 16.3 Å². The Bertz CT molecular complexity index is 620. The smallest absolute Gasteiger partial charge is 0.744 e. The van der Waals surface area contributed by atoms with Gasteiger partial charge in [0.05, 0.1) is 4.90 Å². The van der Waals surface area contributed by atoms with Gasteiger partial charge in [0.15, 0.2) is 0 Å². The van der Waals surface area contributed by atoms with Crippen molar-refractivity contribution in [3.05, 3.63) is 42.0 Å². The summed E-state index contributed by atoms with van der Waals surface area (Å²) in [5, 5.41) is 1.73. The van der Waals surface area contributed by atoms with Gasteiger partial charge in [0.25, 0.3) is 0 Å². The summed E-state index contributed by atoms with van der Waals surface area (Å²) in [6, 6.07) is 10.1. The number of hydrogen-bond donors (Lipinski definition) is 0. The molecule has 0 atom stereocenters. The maximum absolute atomic E-state index is 10.8. The predicted octanol–water partition coefficient (Wildman–Crippen LogP) is -0.944. The van der Waals surface area contributed by atoms with Crippen LogP contribution in [-0.4, -0.2) is 13.0 Å². The third-order valence-electron chi connectivity index (χ3n) is 2.36. The van der Waals surface area contributed by atoms with Crippen molar-refractivity contribution in [2.45, 2.75) is 11.8 Å². The first kappa shape index (κ1) is 14.3. The zero-order valence-corrected chi connectivity index (χ0v) is 13.0. The molecule has 2 aromatic rings. The van der Waals surface area contributed by atoms with E-state index in [1.165, 1.54) is 12.1 Å². The quantitative estimate of drug-likeness (QED) is 0.491. The van der Waals surface area contributed by atoms with E-state index < -0.39 is 10.1 Å². The van der Waals surface area contributed by atoms with Crippen LogP contribution in [0.2, 0.25) is 0 Å². The Kier molecular flexibility index (Phi) is 4.71. The molecular weight excluding hydrogens is 251 g/mol. The average molecular weight is 260 g/mol. The third kappa shape index (κ3) is 2.92. The molecule has 16 heavy (non-hydrogen) atoms. The van der Waals surface area contributed by atoms with E-state index in [0.29, 0.717) is 0 Å². The Hall–Kier alpha value is 0.246. The Morgan fingerprint density at radius 1 is 1.12 bits per heavy atom. The molecule has 0 fully saturated rings. The summed E-state index contributed by atoms with van der Waals surface area (Å²) in [6.07, 6.45) is 0. The molecule has 0 radical (unpaired) electrons. The van der Waals surface area contributed by atoms with Crippen LogP contribution in [0.15, 0.2) is 41.3 Å². The standard InChI is InChI=1S/C11H10O3S.K/c1-8-3-2-4-9-5-6-10(7-11(8)9)15(12,13)14;/h2-7H,1H3,(H,12,13,14);/q;+1/p-1. The SMILES string of the molecule is Cc1cccc2ccc(S(=O)(=O)[O-])cc12.[K+]. The van der Waals surface area contributed by atoms with Crippen molar-refractivity contribution in [1.29, 1.82) is 0 Å². The second-order valence-electron chi connectivity index (χ2n) is 3.41. The first-order chi connectivity index (χ1) is 6.98. The molecule has 2 rings (SSSR count). The molecule has 2 aromatic carbocycles. The minimum Gasteiger partial charge on any atom is -0.744 e. The van der Waals surface area contributed by atoms with E-state index in [1.54, 1.807) is 6.07 Å². The van der Waals surface area contributed by atoms with E-state index >= 15 is 0 Å². The Morgan fingerprint density at radius 2 is 1.81 bits per heavy atom. The van der Waals surface area contributed by atoms with Gasteiger partial charge in [-0.15, -0.1) is 0 Å². The third-order valence-corrected chi connectivity index (χ3v) is 3.19. The molecule has 78 valence electrons. The van der Waals surface area contributed by atoms with Gasteiger partial charge in [-0.25, -0.2) is 8.42 Å². The van der Waals surface area contributed by atoms with Crippen molar-refractivity contribution < 1.29 is 64.4 Å². The van der Waals surface area contributed by atoms with Gasteiger partial charge in [-0.2, -0.15) is 0 Å². The van der Waals surface area contributed by atoms with Gasteiger partial charge in [0.1, 0.15) is 10.1 Å². The maximum atomic E-state index is 10.8. The molecule has 0 unspecified atom stereocenters. The molecule has 0 saturated carbocycles. The van der Waals surface area contributed by atoms with E-state index in [-0.39, 0.29) is 56.3 Å². The molecule has 3 nitrogen and oxygen atoms in total. The number of benzene rings is 2. The van der Waals surface area contributed by atoms with Crippen LogP contribution in [0.25, 0.3) is 10.8 Å². The number of fused-ring (bicyclic) bond motifs is 1. The molecule has 5 heteroatoms. The summed E-state index contributed by atoms with van der Waals surface area (Å²) in [7, 11) is -4.36. The monoisotopic (exact) mass is 260 g/mol. The van der Waals surface area contributed by atoms with Crippen LogP contribution in [0.1, 0.15) is 5.56 Å². The second-order valence-corrected chi connectivity index (χ2v) is 4.79. The van der Waals surface area contributed by atoms with E-state index in [1.807, 2.05) is 25.1 Å². The summed E-state index contributed by atoms with van der Waals surface area (Å²) >= 11 is 0. The van der Waals surface area contributed by atoms with Gasteiger partial charge in [0, 0.05) is 0 Å². The minimum atomic E-state index is -4.36. The van der Waals surface area contributed by atoms with Gasteiger partial charge in [0.2, 0.25) is 0 Å². The molecule has 0 saturated heterocycles. The molecule has 0 spiro atoms. The summed E-state index contributed by atoms with van der Waals surface area (Å²) < 4.78 is 32.5.